The van der Waals surface area contributed by atoms with Gasteiger partial charge in [0.1, 0.15) is 0 Å². The van der Waals surface area contributed by atoms with Crippen LogP contribution in [0.3, 0.4) is 0 Å². The molecule has 1 aromatic rings. The van der Waals surface area contributed by atoms with Gasteiger partial charge in [0.15, 0.2) is 11.6 Å². The molecule has 0 spiro atoms. The number of hydrogen-bond acceptors (Lipinski definition) is 5. The Labute approximate surface area is 103 Å². The highest BCUT2D eigenvalue weighted by Crippen LogP contribution is 2.41. The van der Waals surface area contributed by atoms with Crippen LogP contribution in [-0.4, -0.2) is 29.3 Å². The molecule has 98 valence electrons. The number of nitro benzene ring substituents is 1. The molecule has 1 aromatic carbocycles. The maximum Gasteiger partial charge on any atom is 0.313 e. The maximum atomic E-state index is 13.7. The van der Waals surface area contributed by atoms with E-state index in [0.717, 1.165) is 18.9 Å². The number of aliphatic hydroxyl groups is 1. The largest absolute Gasteiger partial charge is 0.490 e. The van der Waals surface area contributed by atoms with E-state index >= 15 is 0 Å². The number of ether oxygens (including phenoxy) is 1. The van der Waals surface area contributed by atoms with Gasteiger partial charge < -0.3 is 15.2 Å². The third-order valence-electron chi connectivity index (χ3n) is 3.02. The minimum absolute atomic E-state index is 0.0161. The van der Waals surface area contributed by atoms with Crippen LogP contribution < -0.4 is 10.1 Å². The van der Waals surface area contributed by atoms with E-state index in [2.05, 4.69) is 5.32 Å². The molecular weight excluding hydrogens is 243 g/mol. The van der Waals surface area contributed by atoms with E-state index < -0.39 is 22.0 Å². The van der Waals surface area contributed by atoms with Crippen LogP contribution in [0.1, 0.15) is 12.8 Å². The van der Waals surface area contributed by atoms with E-state index in [9.17, 15) is 14.5 Å². The predicted octanol–water partition coefficient (Wildman–Crippen LogP) is 1.68. The van der Waals surface area contributed by atoms with E-state index in [4.69, 9.17) is 9.84 Å². The Hall–Kier alpha value is -1.89. The first-order valence-corrected chi connectivity index (χ1v) is 5.42. The van der Waals surface area contributed by atoms with Crippen molar-refractivity contribution in [3.63, 3.8) is 0 Å². The third kappa shape index (κ3) is 2.21. The molecule has 0 heterocycles. The monoisotopic (exact) mass is 256 g/mol. The quantitative estimate of drug-likeness (QED) is 0.618. The Morgan fingerprint density at radius 1 is 1.61 bits per heavy atom. The number of benzene rings is 1. The fourth-order valence-corrected chi connectivity index (χ4v) is 1.70. The minimum Gasteiger partial charge on any atom is -0.490 e. The summed E-state index contributed by atoms with van der Waals surface area (Å²) in [5.41, 5.74) is -0.819. The Bertz CT molecular complexity index is 488. The Kier molecular flexibility index (Phi) is 3.08. The molecule has 1 fully saturated rings. The van der Waals surface area contributed by atoms with Gasteiger partial charge in [0, 0.05) is 6.07 Å². The second-order valence-corrected chi connectivity index (χ2v) is 4.32. The molecule has 7 heteroatoms. The van der Waals surface area contributed by atoms with Crippen LogP contribution in [-0.2, 0) is 0 Å². The standard InChI is InChI=1S/C11H13FN2O4/c1-18-10-5-8(13-11(6-15)2-3-11)7(12)4-9(10)14(16)17/h4-5,13,15H,2-3,6H2,1H3. The third-order valence-corrected chi connectivity index (χ3v) is 3.02. The number of aliphatic hydroxyl groups excluding tert-OH is 1. The second kappa shape index (κ2) is 4.41. The van der Waals surface area contributed by atoms with Crippen LogP contribution in [0.2, 0.25) is 0 Å². The highest BCUT2D eigenvalue weighted by atomic mass is 19.1. The van der Waals surface area contributed by atoms with Crippen LogP contribution in [0.15, 0.2) is 12.1 Å². The van der Waals surface area contributed by atoms with Crippen molar-refractivity contribution in [3.8, 4) is 5.75 Å². The van der Waals surface area contributed by atoms with Gasteiger partial charge in [-0.3, -0.25) is 10.1 Å². The number of nitro groups is 1. The van der Waals surface area contributed by atoms with Crippen molar-refractivity contribution in [2.45, 2.75) is 18.4 Å². The lowest BCUT2D eigenvalue weighted by molar-refractivity contribution is -0.385. The van der Waals surface area contributed by atoms with Crippen molar-refractivity contribution in [2.75, 3.05) is 19.0 Å². The van der Waals surface area contributed by atoms with Crippen molar-refractivity contribution in [1.82, 2.24) is 0 Å². The highest BCUT2D eigenvalue weighted by molar-refractivity contribution is 5.60. The zero-order valence-corrected chi connectivity index (χ0v) is 9.77. The van der Waals surface area contributed by atoms with Crippen molar-refractivity contribution < 1.29 is 19.2 Å². The molecule has 0 saturated heterocycles. The zero-order chi connectivity index (χ0) is 13.3. The SMILES string of the molecule is COc1cc(NC2(CO)CC2)c(F)cc1[N+](=O)[O-]. The van der Waals surface area contributed by atoms with Crippen LogP contribution in [0.5, 0.6) is 5.75 Å². The molecule has 0 aromatic heterocycles. The van der Waals surface area contributed by atoms with Gasteiger partial charge in [-0.2, -0.15) is 0 Å². The second-order valence-electron chi connectivity index (χ2n) is 4.32. The molecule has 1 saturated carbocycles. The molecular formula is C11H13FN2O4. The van der Waals surface area contributed by atoms with Crippen LogP contribution in [0, 0.1) is 15.9 Å². The average Bonchev–Trinajstić information content (AvgIpc) is 3.11. The predicted molar refractivity (Wildman–Crippen MR) is 62.3 cm³/mol. The van der Waals surface area contributed by atoms with Gasteiger partial charge in [-0.05, 0) is 12.8 Å². The molecule has 0 bridgehead atoms. The zero-order valence-electron chi connectivity index (χ0n) is 9.77. The molecule has 1 aliphatic carbocycles. The number of halogens is 1. The maximum absolute atomic E-state index is 13.7. The van der Waals surface area contributed by atoms with E-state index in [-0.39, 0.29) is 18.0 Å². The van der Waals surface area contributed by atoms with Crippen molar-refractivity contribution in [1.29, 1.82) is 0 Å². The van der Waals surface area contributed by atoms with Gasteiger partial charge in [-0.15, -0.1) is 0 Å². The van der Waals surface area contributed by atoms with Gasteiger partial charge in [-0.1, -0.05) is 0 Å². The molecule has 1 aliphatic rings. The van der Waals surface area contributed by atoms with E-state index in [1.807, 2.05) is 0 Å². The summed E-state index contributed by atoms with van der Waals surface area (Å²) in [6.07, 6.45) is 1.48. The Balaban J connectivity index is 2.34. The average molecular weight is 256 g/mol. The van der Waals surface area contributed by atoms with Gasteiger partial charge in [0.05, 0.1) is 35.9 Å². The molecule has 0 aliphatic heterocycles. The van der Waals surface area contributed by atoms with E-state index in [0.29, 0.717) is 0 Å². The van der Waals surface area contributed by atoms with Crippen LogP contribution >= 0.6 is 0 Å². The number of rotatable bonds is 5. The van der Waals surface area contributed by atoms with Gasteiger partial charge >= 0.3 is 5.69 Å². The van der Waals surface area contributed by atoms with Crippen molar-refractivity contribution in [2.24, 2.45) is 0 Å². The molecule has 0 unspecified atom stereocenters. The summed E-state index contributed by atoms with van der Waals surface area (Å²) in [7, 11) is 1.28. The first-order valence-electron chi connectivity index (χ1n) is 5.42. The lowest BCUT2D eigenvalue weighted by Gasteiger charge is -2.17. The summed E-state index contributed by atoms with van der Waals surface area (Å²) < 4.78 is 18.6. The number of nitrogens with one attached hydrogen (secondary N) is 1. The summed E-state index contributed by atoms with van der Waals surface area (Å²) in [4.78, 5) is 9.99. The number of hydrogen-bond donors (Lipinski definition) is 2. The number of nitrogens with zero attached hydrogens (tertiary/aromatic N) is 1. The van der Waals surface area contributed by atoms with Gasteiger partial charge in [0.25, 0.3) is 0 Å². The van der Waals surface area contributed by atoms with Crippen LogP contribution in [0.25, 0.3) is 0 Å². The lowest BCUT2D eigenvalue weighted by atomic mass is 10.2. The van der Waals surface area contributed by atoms with Gasteiger partial charge in [0.2, 0.25) is 0 Å². The topological polar surface area (TPSA) is 84.6 Å². The number of methoxy groups -OCH3 is 1. The smallest absolute Gasteiger partial charge is 0.313 e. The molecule has 0 atom stereocenters. The summed E-state index contributed by atoms with van der Waals surface area (Å²) in [6.45, 7) is -0.105. The van der Waals surface area contributed by atoms with Crippen LogP contribution in [0.4, 0.5) is 15.8 Å². The fraction of sp³-hybridized carbons (Fsp3) is 0.455. The Morgan fingerprint density at radius 3 is 2.72 bits per heavy atom. The first kappa shape index (κ1) is 12.6. The van der Waals surface area contributed by atoms with Crippen molar-refractivity contribution in [3.05, 3.63) is 28.1 Å². The molecule has 0 amide bonds. The minimum atomic E-state index is -0.734. The van der Waals surface area contributed by atoms with E-state index in [1.54, 1.807) is 0 Å². The summed E-state index contributed by atoms with van der Waals surface area (Å²) in [6, 6.07) is 2.05. The molecule has 0 radical (unpaired) electrons. The van der Waals surface area contributed by atoms with E-state index in [1.165, 1.54) is 13.2 Å². The lowest BCUT2D eigenvalue weighted by Crippen LogP contribution is -2.26. The molecule has 18 heavy (non-hydrogen) atoms. The first-order chi connectivity index (χ1) is 8.51. The summed E-state index contributed by atoms with van der Waals surface area (Å²) in [5.74, 6) is -0.750. The molecule has 2 N–H and O–H groups in total. The Morgan fingerprint density at radius 2 is 2.28 bits per heavy atom. The number of anilines is 1. The summed E-state index contributed by atoms with van der Waals surface area (Å²) in [5, 5.41) is 22.7. The normalized spacial score (nSPS) is 16.2. The molecule has 6 nitrogen and oxygen atoms in total. The van der Waals surface area contributed by atoms with Crippen molar-refractivity contribution >= 4 is 11.4 Å². The fourth-order valence-electron chi connectivity index (χ4n) is 1.70. The highest BCUT2D eigenvalue weighted by Gasteiger charge is 2.42. The summed E-state index contributed by atoms with van der Waals surface area (Å²) >= 11 is 0. The molecule has 2 rings (SSSR count). The van der Waals surface area contributed by atoms with Gasteiger partial charge in [-0.25, -0.2) is 4.39 Å².